The van der Waals surface area contributed by atoms with Crippen LogP contribution in [0.15, 0.2) is 29.8 Å². The first-order valence-electron chi connectivity index (χ1n) is 7.76. The first kappa shape index (κ1) is 15.8. The van der Waals surface area contributed by atoms with Crippen molar-refractivity contribution in [2.75, 3.05) is 37.7 Å². The third-order valence-electron chi connectivity index (χ3n) is 4.00. The molecule has 2 aromatic rings. The number of nitrogens with zero attached hydrogens (tertiary/aromatic N) is 3. The van der Waals surface area contributed by atoms with Crippen LogP contribution in [0.25, 0.3) is 0 Å². The molecule has 0 bridgehead atoms. The van der Waals surface area contributed by atoms with Gasteiger partial charge in [-0.25, -0.2) is 4.98 Å². The van der Waals surface area contributed by atoms with Gasteiger partial charge in [-0.15, -0.1) is 11.3 Å². The number of ether oxygens (including phenoxy) is 1. The zero-order valence-corrected chi connectivity index (χ0v) is 14.3. The fourth-order valence-corrected chi connectivity index (χ4v) is 3.41. The van der Waals surface area contributed by atoms with Crippen LogP contribution in [0.1, 0.15) is 11.1 Å². The number of piperazine rings is 1. The van der Waals surface area contributed by atoms with Crippen LogP contribution in [0.4, 0.5) is 5.13 Å². The predicted octanol–water partition coefficient (Wildman–Crippen LogP) is 2.49. The Morgan fingerprint density at radius 3 is 2.70 bits per heavy atom. The van der Waals surface area contributed by atoms with Crippen LogP contribution in [0.5, 0.6) is 5.75 Å². The first-order chi connectivity index (χ1) is 11.1. The zero-order chi connectivity index (χ0) is 16.2. The first-order valence-corrected chi connectivity index (χ1v) is 8.64. The molecule has 1 amide bonds. The lowest BCUT2D eigenvalue weighted by molar-refractivity contribution is -0.133. The minimum Gasteiger partial charge on any atom is -0.484 e. The molecule has 122 valence electrons. The normalized spacial score (nSPS) is 14.9. The van der Waals surface area contributed by atoms with Gasteiger partial charge in [0.25, 0.3) is 5.91 Å². The average molecular weight is 331 g/mol. The molecule has 23 heavy (non-hydrogen) atoms. The summed E-state index contributed by atoms with van der Waals surface area (Å²) in [6, 6.07) is 5.99. The minimum atomic E-state index is 0.0452. The molecule has 1 aromatic heterocycles. The predicted molar refractivity (Wildman–Crippen MR) is 92.3 cm³/mol. The molecule has 0 saturated carbocycles. The number of carbonyl (C=O) groups is 1. The second-order valence-corrected chi connectivity index (χ2v) is 6.61. The highest BCUT2D eigenvalue weighted by atomic mass is 32.1. The SMILES string of the molecule is Cc1ccc(OCC(=O)N2CCN(c3nccs3)CC2)c(C)c1. The van der Waals surface area contributed by atoms with E-state index in [4.69, 9.17) is 4.74 Å². The lowest BCUT2D eigenvalue weighted by atomic mass is 10.1. The van der Waals surface area contributed by atoms with Crippen molar-refractivity contribution >= 4 is 22.4 Å². The number of aromatic nitrogens is 1. The van der Waals surface area contributed by atoms with Gasteiger partial charge in [-0.05, 0) is 25.5 Å². The van der Waals surface area contributed by atoms with Gasteiger partial charge >= 0.3 is 0 Å². The summed E-state index contributed by atoms with van der Waals surface area (Å²) < 4.78 is 5.69. The van der Waals surface area contributed by atoms with E-state index in [-0.39, 0.29) is 12.5 Å². The van der Waals surface area contributed by atoms with Gasteiger partial charge in [-0.3, -0.25) is 4.79 Å². The highest BCUT2D eigenvalue weighted by molar-refractivity contribution is 7.13. The van der Waals surface area contributed by atoms with Crippen molar-refractivity contribution in [3.8, 4) is 5.75 Å². The van der Waals surface area contributed by atoms with Crippen LogP contribution in [0.2, 0.25) is 0 Å². The number of amides is 1. The van der Waals surface area contributed by atoms with Gasteiger partial charge in [0.1, 0.15) is 5.75 Å². The van der Waals surface area contributed by atoms with Gasteiger partial charge in [0.15, 0.2) is 11.7 Å². The second kappa shape index (κ2) is 7.00. The minimum absolute atomic E-state index is 0.0452. The quantitative estimate of drug-likeness (QED) is 0.863. The number of anilines is 1. The lowest BCUT2D eigenvalue weighted by Crippen LogP contribution is -2.50. The molecule has 1 aliphatic rings. The Labute approximate surface area is 140 Å². The summed E-state index contributed by atoms with van der Waals surface area (Å²) in [4.78, 5) is 20.7. The van der Waals surface area contributed by atoms with Crippen LogP contribution >= 0.6 is 11.3 Å². The number of rotatable bonds is 4. The van der Waals surface area contributed by atoms with Crippen LogP contribution in [0.3, 0.4) is 0 Å². The average Bonchev–Trinajstić information content (AvgIpc) is 3.08. The molecule has 2 heterocycles. The van der Waals surface area contributed by atoms with Gasteiger partial charge in [0.2, 0.25) is 0 Å². The standard InChI is InChI=1S/C17H21N3O2S/c1-13-3-4-15(14(2)11-13)22-12-16(21)19-6-8-20(9-7-19)17-18-5-10-23-17/h3-5,10-11H,6-9,12H2,1-2H3. The molecule has 1 saturated heterocycles. The maximum absolute atomic E-state index is 12.3. The zero-order valence-electron chi connectivity index (χ0n) is 13.5. The highest BCUT2D eigenvalue weighted by Crippen LogP contribution is 2.20. The van der Waals surface area contributed by atoms with Crippen LogP contribution < -0.4 is 9.64 Å². The third kappa shape index (κ3) is 3.82. The molecular weight excluding hydrogens is 310 g/mol. The largest absolute Gasteiger partial charge is 0.484 e. The summed E-state index contributed by atoms with van der Waals surface area (Å²) in [6.45, 7) is 7.22. The molecular formula is C17H21N3O2S. The summed E-state index contributed by atoms with van der Waals surface area (Å²) in [6.07, 6.45) is 1.81. The fraction of sp³-hybridized carbons (Fsp3) is 0.412. The van der Waals surface area contributed by atoms with Crippen LogP contribution in [0, 0.1) is 13.8 Å². The van der Waals surface area contributed by atoms with E-state index >= 15 is 0 Å². The maximum atomic E-state index is 12.3. The number of aryl methyl sites for hydroxylation is 2. The van der Waals surface area contributed by atoms with Gasteiger partial charge in [0.05, 0.1) is 0 Å². The summed E-state index contributed by atoms with van der Waals surface area (Å²) in [5.74, 6) is 0.828. The van der Waals surface area contributed by atoms with Crippen molar-refractivity contribution in [3.05, 3.63) is 40.9 Å². The van der Waals surface area contributed by atoms with Crippen molar-refractivity contribution in [2.24, 2.45) is 0 Å². The number of carbonyl (C=O) groups excluding carboxylic acids is 1. The molecule has 0 spiro atoms. The Morgan fingerprint density at radius 2 is 2.04 bits per heavy atom. The Hall–Kier alpha value is -2.08. The number of benzene rings is 1. The fourth-order valence-electron chi connectivity index (χ4n) is 2.71. The van der Waals surface area contributed by atoms with E-state index in [9.17, 15) is 4.79 Å². The van der Waals surface area contributed by atoms with E-state index in [1.54, 1.807) is 11.3 Å². The van der Waals surface area contributed by atoms with E-state index in [2.05, 4.69) is 16.0 Å². The van der Waals surface area contributed by atoms with E-state index in [0.717, 1.165) is 29.5 Å². The summed E-state index contributed by atoms with van der Waals surface area (Å²) in [7, 11) is 0. The monoisotopic (exact) mass is 331 g/mol. The van der Waals surface area contributed by atoms with Crippen molar-refractivity contribution < 1.29 is 9.53 Å². The second-order valence-electron chi connectivity index (χ2n) is 5.74. The van der Waals surface area contributed by atoms with Crippen molar-refractivity contribution in [1.29, 1.82) is 0 Å². The molecule has 1 aromatic carbocycles. The van der Waals surface area contributed by atoms with E-state index in [0.29, 0.717) is 13.1 Å². The topological polar surface area (TPSA) is 45.7 Å². The number of hydrogen-bond acceptors (Lipinski definition) is 5. The molecule has 0 radical (unpaired) electrons. The van der Waals surface area contributed by atoms with Crippen LogP contribution in [-0.4, -0.2) is 48.6 Å². The van der Waals surface area contributed by atoms with Gasteiger partial charge < -0.3 is 14.5 Å². The Balaban J connectivity index is 1.50. The number of thiazole rings is 1. The maximum Gasteiger partial charge on any atom is 0.260 e. The summed E-state index contributed by atoms with van der Waals surface area (Å²) in [5.41, 5.74) is 2.26. The van der Waals surface area contributed by atoms with Crippen molar-refractivity contribution in [3.63, 3.8) is 0 Å². The molecule has 0 aliphatic carbocycles. The molecule has 6 heteroatoms. The molecule has 0 unspecified atom stereocenters. The Kier molecular flexibility index (Phi) is 4.81. The highest BCUT2D eigenvalue weighted by Gasteiger charge is 2.22. The van der Waals surface area contributed by atoms with E-state index < -0.39 is 0 Å². The van der Waals surface area contributed by atoms with Gasteiger partial charge in [0, 0.05) is 37.8 Å². The molecule has 1 aliphatic heterocycles. The van der Waals surface area contributed by atoms with Crippen LogP contribution in [-0.2, 0) is 4.79 Å². The Bertz CT molecular complexity index is 664. The van der Waals surface area contributed by atoms with E-state index in [1.165, 1.54) is 5.56 Å². The third-order valence-corrected chi connectivity index (χ3v) is 4.84. The molecule has 1 fully saturated rings. The number of hydrogen-bond donors (Lipinski definition) is 0. The smallest absolute Gasteiger partial charge is 0.260 e. The van der Waals surface area contributed by atoms with Gasteiger partial charge in [-0.2, -0.15) is 0 Å². The molecule has 5 nitrogen and oxygen atoms in total. The molecule has 0 N–H and O–H groups in total. The summed E-state index contributed by atoms with van der Waals surface area (Å²) in [5, 5.41) is 3.01. The van der Waals surface area contributed by atoms with Crippen molar-refractivity contribution in [1.82, 2.24) is 9.88 Å². The molecule has 0 atom stereocenters. The summed E-state index contributed by atoms with van der Waals surface area (Å²) >= 11 is 1.64. The molecule has 3 rings (SSSR count). The van der Waals surface area contributed by atoms with Crippen molar-refractivity contribution in [2.45, 2.75) is 13.8 Å². The lowest BCUT2D eigenvalue weighted by Gasteiger charge is -2.34. The van der Waals surface area contributed by atoms with Gasteiger partial charge in [-0.1, -0.05) is 17.7 Å². The van der Waals surface area contributed by atoms with E-state index in [1.807, 2.05) is 42.5 Å². The Morgan fingerprint density at radius 1 is 1.26 bits per heavy atom.